The summed E-state index contributed by atoms with van der Waals surface area (Å²) in [6.45, 7) is 4.66. The Morgan fingerprint density at radius 1 is 0.667 bits per heavy atom. The average molecular weight is 887 g/mol. The standard InChI is InChI=1S/C43H62N6O14/c1-28(50)44-17-19-62-21-23-63-22-20-61-18-15-37(51)46-27-29-9-13-32(14-10-29)39(54)47-35(25-30-11-12-31-6-2-3-7-33(31)24-30)40(55)45-16-5-4-8-34(41(56)57)48-43(60)49-36(42(58)59)26-38(52)53/h2-3,6-7,11-12,24,29,32,34-36H,4-5,8-10,13-23,25-27H2,1H3,(H,44,50)(H,45,55)(H,46,51)(H,47,54)(H,52,53)(H,56,57)(H,58,59)(H2,48,49,60)/t29?,32?,34-,35-,36-/m0/s1. The van der Waals surface area contributed by atoms with Gasteiger partial charge < -0.3 is 61.4 Å². The topological polar surface area (TPSA) is 297 Å². The molecule has 2 aromatic carbocycles. The minimum absolute atomic E-state index is 0.0638. The average Bonchev–Trinajstić information content (AvgIpc) is 3.24. The van der Waals surface area contributed by atoms with Crippen molar-refractivity contribution in [2.24, 2.45) is 11.8 Å². The van der Waals surface area contributed by atoms with Crippen LogP contribution in [0.15, 0.2) is 42.5 Å². The molecule has 1 aliphatic carbocycles. The highest BCUT2D eigenvalue weighted by Crippen LogP contribution is 2.29. The van der Waals surface area contributed by atoms with E-state index in [4.69, 9.17) is 24.4 Å². The molecule has 0 bridgehead atoms. The summed E-state index contributed by atoms with van der Waals surface area (Å²) in [4.78, 5) is 96.6. The molecule has 20 nitrogen and oxygen atoms in total. The molecule has 6 amide bonds. The second-order valence-corrected chi connectivity index (χ2v) is 15.3. The third-order valence-electron chi connectivity index (χ3n) is 10.3. The van der Waals surface area contributed by atoms with Crippen molar-refractivity contribution < 1.29 is 67.9 Å². The SMILES string of the molecule is CC(=O)NCCOCCOCCOCCC(=O)NCC1CCC(C(=O)N[C@@H](Cc2ccc3ccccc3c2)C(=O)NCCCC[C@H](NC(=O)N[C@@H](CC(=O)O)C(=O)O)C(=O)O)CC1. The van der Waals surface area contributed by atoms with Gasteiger partial charge in [0.25, 0.3) is 0 Å². The minimum Gasteiger partial charge on any atom is -0.481 e. The van der Waals surface area contributed by atoms with Gasteiger partial charge in [-0.25, -0.2) is 14.4 Å². The van der Waals surface area contributed by atoms with Crippen LogP contribution in [0.1, 0.15) is 70.3 Å². The lowest BCUT2D eigenvalue weighted by Gasteiger charge is -2.29. The van der Waals surface area contributed by atoms with E-state index in [1.807, 2.05) is 47.8 Å². The fourth-order valence-corrected chi connectivity index (χ4v) is 6.88. The molecule has 63 heavy (non-hydrogen) atoms. The molecule has 3 rings (SSSR count). The Labute approximate surface area is 365 Å². The molecular formula is C43H62N6O14. The van der Waals surface area contributed by atoms with Gasteiger partial charge in [0.05, 0.1) is 46.1 Å². The number of ether oxygens (including phenoxy) is 3. The number of unbranched alkanes of at least 4 members (excludes halogenated alkanes) is 1. The van der Waals surface area contributed by atoms with Gasteiger partial charge in [-0.2, -0.15) is 0 Å². The summed E-state index contributed by atoms with van der Waals surface area (Å²) in [5.74, 6) is -5.45. The molecule has 0 aliphatic heterocycles. The first-order valence-electron chi connectivity index (χ1n) is 21.3. The Hall–Kier alpha value is -5.86. The van der Waals surface area contributed by atoms with Gasteiger partial charge in [-0.15, -0.1) is 0 Å². The van der Waals surface area contributed by atoms with Crippen LogP contribution < -0.4 is 31.9 Å². The summed E-state index contributed by atoms with van der Waals surface area (Å²) >= 11 is 0. The summed E-state index contributed by atoms with van der Waals surface area (Å²) in [6, 6.07) is 8.38. The minimum atomic E-state index is -1.76. The highest BCUT2D eigenvalue weighted by Gasteiger charge is 2.30. The largest absolute Gasteiger partial charge is 0.481 e. The Morgan fingerprint density at radius 2 is 1.30 bits per heavy atom. The molecule has 0 unspecified atom stereocenters. The fraction of sp³-hybridized carbons (Fsp3) is 0.581. The summed E-state index contributed by atoms with van der Waals surface area (Å²) in [5.41, 5.74) is 0.840. The lowest BCUT2D eigenvalue weighted by atomic mass is 9.81. The van der Waals surface area contributed by atoms with Crippen LogP contribution >= 0.6 is 0 Å². The van der Waals surface area contributed by atoms with Gasteiger partial charge in [0.1, 0.15) is 18.1 Å². The van der Waals surface area contributed by atoms with E-state index in [1.54, 1.807) is 0 Å². The molecule has 1 fully saturated rings. The fourth-order valence-electron chi connectivity index (χ4n) is 6.88. The third kappa shape index (κ3) is 21.2. The number of benzene rings is 2. The van der Waals surface area contributed by atoms with Crippen LogP contribution in [0.4, 0.5) is 4.79 Å². The van der Waals surface area contributed by atoms with Crippen molar-refractivity contribution in [3.8, 4) is 0 Å². The Kier molecular flexibility index (Phi) is 23.4. The summed E-state index contributed by atoms with van der Waals surface area (Å²) < 4.78 is 16.2. The van der Waals surface area contributed by atoms with E-state index in [0.29, 0.717) is 65.4 Å². The number of aliphatic carboxylic acids is 3. The van der Waals surface area contributed by atoms with Crippen molar-refractivity contribution in [1.29, 1.82) is 0 Å². The number of rotatable bonds is 30. The first-order valence-corrected chi connectivity index (χ1v) is 21.3. The van der Waals surface area contributed by atoms with Crippen LogP contribution in [-0.2, 0) is 54.2 Å². The smallest absolute Gasteiger partial charge is 0.326 e. The molecule has 348 valence electrons. The van der Waals surface area contributed by atoms with E-state index < -0.39 is 54.4 Å². The number of amides is 6. The number of hydrogen-bond acceptors (Lipinski definition) is 11. The zero-order chi connectivity index (χ0) is 46.0. The van der Waals surface area contributed by atoms with Crippen LogP contribution in [0, 0.1) is 11.8 Å². The Balaban J connectivity index is 1.41. The number of hydrogen-bond donors (Lipinski definition) is 9. The van der Waals surface area contributed by atoms with Crippen molar-refractivity contribution in [2.45, 2.75) is 89.3 Å². The third-order valence-corrected chi connectivity index (χ3v) is 10.3. The van der Waals surface area contributed by atoms with Gasteiger partial charge in [0.15, 0.2) is 0 Å². The van der Waals surface area contributed by atoms with Crippen LogP contribution in [0.2, 0.25) is 0 Å². The predicted octanol–water partition coefficient (Wildman–Crippen LogP) is 1.33. The van der Waals surface area contributed by atoms with Gasteiger partial charge >= 0.3 is 23.9 Å². The first-order chi connectivity index (χ1) is 30.2. The number of carbonyl (C=O) groups excluding carboxylic acids is 5. The molecule has 1 aliphatic rings. The molecule has 0 radical (unpaired) electrons. The van der Waals surface area contributed by atoms with Crippen molar-refractivity contribution in [3.63, 3.8) is 0 Å². The molecule has 0 aromatic heterocycles. The van der Waals surface area contributed by atoms with Gasteiger partial charge in [0, 0.05) is 45.3 Å². The number of carboxylic acids is 3. The second-order valence-electron chi connectivity index (χ2n) is 15.3. The maximum absolute atomic E-state index is 13.6. The van der Waals surface area contributed by atoms with Crippen molar-refractivity contribution >= 4 is 58.3 Å². The number of carbonyl (C=O) groups is 8. The molecular weight excluding hydrogens is 825 g/mol. The monoisotopic (exact) mass is 886 g/mol. The van der Waals surface area contributed by atoms with Crippen LogP contribution in [0.3, 0.4) is 0 Å². The van der Waals surface area contributed by atoms with Gasteiger partial charge in [-0.1, -0.05) is 42.5 Å². The Morgan fingerprint density at radius 3 is 1.95 bits per heavy atom. The van der Waals surface area contributed by atoms with E-state index in [2.05, 4.69) is 26.6 Å². The van der Waals surface area contributed by atoms with Crippen molar-refractivity contribution in [2.75, 3.05) is 59.3 Å². The molecule has 3 atom stereocenters. The molecule has 0 saturated heterocycles. The zero-order valence-corrected chi connectivity index (χ0v) is 35.7. The van der Waals surface area contributed by atoms with Gasteiger partial charge in [-0.05, 0) is 67.2 Å². The van der Waals surface area contributed by atoms with Gasteiger partial charge in [0.2, 0.25) is 23.6 Å². The van der Waals surface area contributed by atoms with E-state index in [1.165, 1.54) is 6.92 Å². The summed E-state index contributed by atoms with van der Waals surface area (Å²) in [5, 5.41) is 45.1. The number of nitrogens with one attached hydrogen (secondary N) is 6. The summed E-state index contributed by atoms with van der Waals surface area (Å²) in [7, 11) is 0. The molecule has 0 spiro atoms. The Bertz CT molecular complexity index is 1820. The highest BCUT2D eigenvalue weighted by atomic mass is 16.5. The van der Waals surface area contributed by atoms with Crippen LogP contribution in [0.25, 0.3) is 10.8 Å². The second kappa shape index (κ2) is 28.7. The molecule has 2 aromatic rings. The van der Waals surface area contributed by atoms with E-state index in [0.717, 1.165) is 29.2 Å². The van der Waals surface area contributed by atoms with Crippen molar-refractivity contribution in [1.82, 2.24) is 31.9 Å². The molecule has 9 N–H and O–H groups in total. The maximum atomic E-state index is 13.6. The molecule has 0 heterocycles. The number of carboxylic acid groups (broad SMARTS) is 3. The lowest BCUT2D eigenvalue weighted by Crippen LogP contribution is -2.51. The van der Waals surface area contributed by atoms with E-state index in [-0.39, 0.29) is 68.4 Å². The zero-order valence-electron chi connectivity index (χ0n) is 35.7. The van der Waals surface area contributed by atoms with Crippen LogP contribution in [0.5, 0.6) is 0 Å². The maximum Gasteiger partial charge on any atom is 0.326 e. The van der Waals surface area contributed by atoms with Gasteiger partial charge in [-0.3, -0.25) is 24.0 Å². The predicted molar refractivity (Wildman–Crippen MR) is 227 cm³/mol. The summed E-state index contributed by atoms with van der Waals surface area (Å²) in [6.07, 6.45) is 2.65. The van der Waals surface area contributed by atoms with E-state index >= 15 is 0 Å². The normalized spacial score (nSPS) is 16.1. The number of fused-ring (bicyclic) bond motifs is 1. The van der Waals surface area contributed by atoms with Crippen molar-refractivity contribution in [3.05, 3.63) is 48.0 Å². The number of urea groups is 1. The van der Waals surface area contributed by atoms with E-state index in [9.17, 15) is 43.5 Å². The molecule has 20 heteroatoms. The lowest BCUT2D eigenvalue weighted by molar-refractivity contribution is -0.145. The highest BCUT2D eigenvalue weighted by molar-refractivity contribution is 5.90. The van der Waals surface area contributed by atoms with Crippen LogP contribution in [-0.4, -0.2) is 140 Å². The quantitative estimate of drug-likeness (QED) is 0.0501. The first kappa shape index (κ1) is 51.5. The molecule has 1 saturated carbocycles.